The quantitative estimate of drug-likeness (QED) is 0.568. The number of nitro benzene ring substituents is 1. The smallest absolute Gasteiger partial charge is 0.407 e. The van der Waals surface area contributed by atoms with Crippen molar-refractivity contribution in [2.75, 3.05) is 6.54 Å². The number of rotatable bonds is 7. The number of carboxylic acid groups (broad SMARTS) is 1. The summed E-state index contributed by atoms with van der Waals surface area (Å²) in [6, 6.07) is 11.8. The number of alkyl carbamates (subject to hydrolysis) is 1. The fourth-order valence-corrected chi connectivity index (χ4v) is 2.34. The molecule has 0 aliphatic rings. The van der Waals surface area contributed by atoms with Crippen molar-refractivity contribution in [2.24, 2.45) is 0 Å². The number of aromatic carboxylic acids is 1. The van der Waals surface area contributed by atoms with Gasteiger partial charge >= 0.3 is 12.1 Å². The van der Waals surface area contributed by atoms with Gasteiger partial charge in [0.2, 0.25) is 0 Å². The second kappa shape index (κ2) is 9.14. The van der Waals surface area contributed by atoms with E-state index >= 15 is 0 Å². The van der Waals surface area contributed by atoms with E-state index in [0.29, 0.717) is 5.56 Å². The summed E-state index contributed by atoms with van der Waals surface area (Å²) in [5.74, 6) is -1.24. The van der Waals surface area contributed by atoms with Crippen LogP contribution in [0.4, 0.5) is 10.5 Å². The second-order valence-corrected chi connectivity index (χ2v) is 5.62. The lowest BCUT2D eigenvalue weighted by Crippen LogP contribution is -2.24. The van der Waals surface area contributed by atoms with Crippen LogP contribution in [-0.4, -0.2) is 28.6 Å². The summed E-state index contributed by atoms with van der Waals surface area (Å²) in [5, 5.41) is 22.8. The Morgan fingerprint density at radius 2 is 1.96 bits per heavy atom. The Bertz CT molecular complexity index is 842. The van der Waals surface area contributed by atoms with Crippen LogP contribution < -0.4 is 5.32 Å². The van der Waals surface area contributed by atoms with Crippen molar-refractivity contribution in [3.8, 4) is 0 Å². The van der Waals surface area contributed by atoms with Crippen LogP contribution in [0.2, 0.25) is 0 Å². The lowest BCUT2D eigenvalue weighted by Gasteiger charge is -2.06. The molecule has 0 saturated carbocycles. The second-order valence-electron chi connectivity index (χ2n) is 5.62. The molecule has 1 amide bonds. The summed E-state index contributed by atoms with van der Waals surface area (Å²) in [7, 11) is 0. The Hall–Kier alpha value is -3.68. The van der Waals surface area contributed by atoms with Gasteiger partial charge in [-0.05, 0) is 24.1 Å². The average Bonchev–Trinajstić information content (AvgIpc) is 2.64. The largest absolute Gasteiger partial charge is 0.478 e. The van der Waals surface area contributed by atoms with Gasteiger partial charge in [-0.15, -0.1) is 0 Å². The normalized spacial score (nSPS) is 10.6. The molecule has 0 saturated heterocycles. The number of benzene rings is 2. The number of nitrogens with zero attached hydrogens (tertiary/aromatic N) is 1. The number of nitro groups is 1. The molecule has 0 aliphatic heterocycles. The number of ether oxygens (including phenoxy) is 1. The Morgan fingerprint density at radius 3 is 2.59 bits per heavy atom. The van der Waals surface area contributed by atoms with E-state index < -0.39 is 17.0 Å². The van der Waals surface area contributed by atoms with Gasteiger partial charge < -0.3 is 15.2 Å². The summed E-state index contributed by atoms with van der Waals surface area (Å²) < 4.78 is 5.05. The SMILES string of the molecule is Cc1c(C(=O)O)cc(C=CCNC(=O)OCc2ccccc2)cc1[N+](=O)[O-]. The summed E-state index contributed by atoms with van der Waals surface area (Å²) in [6.07, 6.45) is 2.43. The molecule has 0 aliphatic carbocycles. The number of carbonyl (C=O) groups excluding carboxylic acids is 1. The van der Waals surface area contributed by atoms with Crippen LogP contribution in [0, 0.1) is 17.0 Å². The van der Waals surface area contributed by atoms with E-state index in [0.717, 1.165) is 5.56 Å². The molecule has 0 atom stereocenters. The maximum Gasteiger partial charge on any atom is 0.407 e. The first-order chi connectivity index (χ1) is 12.9. The fraction of sp³-hybridized carbons (Fsp3) is 0.158. The molecule has 2 rings (SSSR count). The van der Waals surface area contributed by atoms with Crippen molar-refractivity contribution in [2.45, 2.75) is 13.5 Å². The topological polar surface area (TPSA) is 119 Å². The molecule has 0 radical (unpaired) electrons. The third-order valence-electron chi connectivity index (χ3n) is 3.72. The zero-order valence-electron chi connectivity index (χ0n) is 14.5. The van der Waals surface area contributed by atoms with Crippen molar-refractivity contribution >= 4 is 23.8 Å². The van der Waals surface area contributed by atoms with Crippen LogP contribution in [-0.2, 0) is 11.3 Å². The van der Waals surface area contributed by atoms with E-state index in [4.69, 9.17) is 4.74 Å². The molecule has 2 aromatic carbocycles. The minimum atomic E-state index is -1.24. The fourth-order valence-electron chi connectivity index (χ4n) is 2.34. The van der Waals surface area contributed by atoms with Crippen molar-refractivity contribution in [1.82, 2.24) is 5.32 Å². The first-order valence-electron chi connectivity index (χ1n) is 8.02. The monoisotopic (exact) mass is 370 g/mol. The predicted molar refractivity (Wildman–Crippen MR) is 98.5 cm³/mol. The van der Waals surface area contributed by atoms with Crippen molar-refractivity contribution in [3.05, 3.63) is 80.9 Å². The van der Waals surface area contributed by atoms with Crippen LogP contribution in [0.3, 0.4) is 0 Å². The van der Waals surface area contributed by atoms with Gasteiger partial charge in [0.1, 0.15) is 6.61 Å². The van der Waals surface area contributed by atoms with Crippen LogP contribution >= 0.6 is 0 Å². The van der Waals surface area contributed by atoms with Crippen LogP contribution in [0.5, 0.6) is 0 Å². The number of hydrogen-bond donors (Lipinski definition) is 2. The minimum Gasteiger partial charge on any atom is -0.478 e. The highest BCUT2D eigenvalue weighted by molar-refractivity contribution is 5.91. The Balaban J connectivity index is 1.94. The molecule has 140 valence electrons. The molecule has 27 heavy (non-hydrogen) atoms. The number of carboxylic acids is 1. The molecule has 0 heterocycles. The van der Waals surface area contributed by atoms with E-state index in [1.54, 1.807) is 6.08 Å². The summed E-state index contributed by atoms with van der Waals surface area (Å²) in [4.78, 5) is 33.3. The highest BCUT2D eigenvalue weighted by Crippen LogP contribution is 2.24. The summed E-state index contributed by atoms with van der Waals surface area (Å²) in [6.45, 7) is 1.65. The molecule has 8 heteroatoms. The Morgan fingerprint density at radius 1 is 1.26 bits per heavy atom. The average molecular weight is 370 g/mol. The van der Waals surface area contributed by atoms with E-state index in [9.17, 15) is 24.8 Å². The third kappa shape index (κ3) is 5.67. The molecular formula is C19H18N2O6. The van der Waals surface area contributed by atoms with Gasteiger partial charge in [0.05, 0.1) is 10.5 Å². The summed E-state index contributed by atoms with van der Waals surface area (Å²) >= 11 is 0. The predicted octanol–water partition coefficient (Wildman–Crippen LogP) is 3.54. The Kier molecular flexibility index (Phi) is 6.65. The number of hydrogen-bond acceptors (Lipinski definition) is 5. The number of amides is 1. The Labute approximate surface area is 155 Å². The number of carbonyl (C=O) groups is 2. The zero-order chi connectivity index (χ0) is 19.8. The molecule has 0 spiro atoms. The lowest BCUT2D eigenvalue weighted by molar-refractivity contribution is -0.385. The minimum absolute atomic E-state index is 0.0901. The van der Waals surface area contributed by atoms with Crippen LogP contribution in [0.25, 0.3) is 6.08 Å². The van der Waals surface area contributed by atoms with Gasteiger partial charge in [0.15, 0.2) is 0 Å². The van der Waals surface area contributed by atoms with Crippen LogP contribution in [0.1, 0.15) is 27.0 Å². The molecule has 8 nitrogen and oxygen atoms in total. The van der Waals surface area contributed by atoms with Gasteiger partial charge in [-0.3, -0.25) is 10.1 Å². The maximum atomic E-state index is 11.6. The molecule has 0 aromatic heterocycles. The lowest BCUT2D eigenvalue weighted by atomic mass is 10.0. The van der Waals surface area contributed by atoms with E-state index in [1.165, 1.54) is 25.1 Å². The van der Waals surface area contributed by atoms with Crippen LogP contribution in [0.15, 0.2) is 48.5 Å². The molecular weight excluding hydrogens is 352 g/mol. The maximum absolute atomic E-state index is 11.6. The molecule has 0 bridgehead atoms. The molecule has 2 N–H and O–H groups in total. The van der Waals surface area contributed by atoms with Gasteiger partial charge in [0.25, 0.3) is 5.69 Å². The van der Waals surface area contributed by atoms with Crippen molar-refractivity contribution in [3.63, 3.8) is 0 Å². The van der Waals surface area contributed by atoms with Crippen molar-refractivity contribution < 1.29 is 24.4 Å². The molecule has 0 unspecified atom stereocenters. The number of nitrogens with one attached hydrogen (secondary N) is 1. The first kappa shape index (κ1) is 19.6. The third-order valence-corrected chi connectivity index (χ3v) is 3.72. The van der Waals surface area contributed by atoms with E-state index in [1.807, 2.05) is 30.3 Å². The van der Waals surface area contributed by atoms with E-state index in [2.05, 4.69) is 5.32 Å². The molecule has 2 aromatic rings. The van der Waals surface area contributed by atoms with Gasteiger partial charge in [0, 0.05) is 18.2 Å². The van der Waals surface area contributed by atoms with Gasteiger partial charge in [-0.2, -0.15) is 0 Å². The van der Waals surface area contributed by atoms with Gasteiger partial charge in [-0.25, -0.2) is 9.59 Å². The van der Waals surface area contributed by atoms with Gasteiger partial charge in [-0.1, -0.05) is 42.5 Å². The summed E-state index contributed by atoms with van der Waals surface area (Å²) in [5.41, 5.74) is 0.886. The van der Waals surface area contributed by atoms with Crippen molar-refractivity contribution in [1.29, 1.82) is 0 Å². The standard InChI is InChI=1S/C19H18N2O6/c1-13-16(18(22)23)10-15(11-17(13)21(25)26)8-5-9-20-19(24)27-12-14-6-3-2-4-7-14/h2-8,10-11H,9,12H2,1H3,(H,20,24)(H,22,23). The molecule has 0 fully saturated rings. The highest BCUT2D eigenvalue weighted by Gasteiger charge is 2.19. The first-order valence-corrected chi connectivity index (χ1v) is 8.02. The highest BCUT2D eigenvalue weighted by atomic mass is 16.6. The van der Waals surface area contributed by atoms with E-state index in [-0.39, 0.29) is 30.0 Å². The zero-order valence-corrected chi connectivity index (χ0v) is 14.5.